The summed E-state index contributed by atoms with van der Waals surface area (Å²) in [6.07, 6.45) is 1.60. The number of nitrogens with zero attached hydrogens (tertiary/aromatic N) is 1. The smallest absolute Gasteiger partial charge is 0.242 e. The second-order valence-corrected chi connectivity index (χ2v) is 7.71. The molecule has 0 saturated carbocycles. The highest BCUT2D eigenvalue weighted by Crippen LogP contribution is 2.30. The number of pyridine rings is 1. The van der Waals surface area contributed by atoms with Crippen LogP contribution in [-0.2, 0) is 14.8 Å². The van der Waals surface area contributed by atoms with E-state index in [-0.39, 0.29) is 28.9 Å². The number of benzene rings is 2. The second-order valence-electron chi connectivity index (χ2n) is 5.57. The summed E-state index contributed by atoms with van der Waals surface area (Å²) in [7, 11) is -2.26. The predicted molar refractivity (Wildman–Crippen MR) is 99.2 cm³/mol. The van der Waals surface area contributed by atoms with Crippen LogP contribution in [0.5, 0.6) is 0 Å². The van der Waals surface area contributed by atoms with Gasteiger partial charge in [0.25, 0.3) is 0 Å². The van der Waals surface area contributed by atoms with E-state index in [1.165, 1.54) is 25.3 Å². The van der Waals surface area contributed by atoms with E-state index >= 15 is 0 Å². The van der Waals surface area contributed by atoms with Gasteiger partial charge in [-0.2, -0.15) is 0 Å². The van der Waals surface area contributed by atoms with Gasteiger partial charge in [-0.3, -0.25) is 4.98 Å². The molecule has 1 N–H and O–H groups in total. The van der Waals surface area contributed by atoms with Gasteiger partial charge in [-0.25, -0.2) is 17.5 Å². The lowest BCUT2D eigenvalue weighted by Crippen LogP contribution is -2.27. The van der Waals surface area contributed by atoms with Gasteiger partial charge in [0.2, 0.25) is 10.0 Å². The first-order valence-corrected chi connectivity index (χ1v) is 9.61. The molecule has 0 atom stereocenters. The van der Waals surface area contributed by atoms with Crippen molar-refractivity contribution in [3.05, 3.63) is 59.5 Å². The molecule has 0 amide bonds. The normalized spacial score (nSPS) is 11.8. The number of sulfonamides is 1. The Hall–Kier alpha value is -2.06. The molecule has 0 aliphatic heterocycles. The van der Waals surface area contributed by atoms with Crippen LogP contribution in [0.3, 0.4) is 0 Å². The summed E-state index contributed by atoms with van der Waals surface area (Å²) < 4.78 is 45.8. The summed E-state index contributed by atoms with van der Waals surface area (Å²) in [6, 6.07) is 10.9. The molecule has 0 radical (unpaired) electrons. The number of methoxy groups -OCH3 is 1. The average molecular weight is 395 g/mol. The number of ether oxygens (including phenoxy) is 1. The summed E-state index contributed by atoms with van der Waals surface area (Å²) in [6.45, 7) is 0.397. The molecule has 0 aliphatic rings. The van der Waals surface area contributed by atoms with Gasteiger partial charge >= 0.3 is 0 Å². The summed E-state index contributed by atoms with van der Waals surface area (Å²) in [4.78, 5) is 4.21. The number of hydrogen-bond acceptors (Lipinski definition) is 4. The molecule has 2 aromatic carbocycles. The SMILES string of the molecule is COCCNS(=O)(=O)c1ccc(-c2cnc3cccc(F)c3c2)cc1Cl. The van der Waals surface area contributed by atoms with Gasteiger partial charge in [0.1, 0.15) is 10.7 Å². The first-order valence-electron chi connectivity index (χ1n) is 7.75. The molecule has 26 heavy (non-hydrogen) atoms. The lowest BCUT2D eigenvalue weighted by molar-refractivity contribution is 0.204. The largest absolute Gasteiger partial charge is 0.383 e. The van der Waals surface area contributed by atoms with E-state index in [0.29, 0.717) is 22.0 Å². The van der Waals surface area contributed by atoms with Crippen molar-refractivity contribution in [2.45, 2.75) is 4.90 Å². The predicted octanol–water partition coefficient (Wildman–Crippen LogP) is 3.62. The van der Waals surface area contributed by atoms with Crippen molar-refractivity contribution in [1.82, 2.24) is 9.71 Å². The van der Waals surface area contributed by atoms with Crippen molar-refractivity contribution in [1.29, 1.82) is 0 Å². The maximum absolute atomic E-state index is 14.0. The van der Waals surface area contributed by atoms with Crippen molar-refractivity contribution in [3.63, 3.8) is 0 Å². The lowest BCUT2D eigenvalue weighted by Gasteiger charge is -2.10. The van der Waals surface area contributed by atoms with Crippen LogP contribution in [0.4, 0.5) is 4.39 Å². The molecule has 0 aliphatic carbocycles. The van der Waals surface area contributed by atoms with Gasteiger partial charge in [-0.15, -0.1) is 0 Å². The minimum Gasteiger partial charge on any atom is -0.383 e. The first kappa shape index (κ1) is 18.7. The van der Waals surface area contributed by atoms with Gasteiger partial charge < -0.3 is 4.74 Å². The minimum atomic E-state index is -3.74. The Labute approximate surface area is 155 Å². The third kappa shape index (κ3) is 3.86. The first-order chi connectivity index (χ1) is 12.4. The van der Waals surface area contributed by atoms with Crippen molar-refractivity contribution in [3.8, 4) is 11.1 Å². The molecular formula is C18H16ClFN2O3S. The monoisotopic (exact) mass is 394 g/mol. The second kappa shape index (κ2) is 7.67. The summed E-state index contributed by atoms with van der Waals surface area (Å²) >= 11 is 6.18. The molecule has 3 rings (SSSR count). The third-order valence-electron chi connectivity index (χ3n) is 3.83. The maximum Gasteiger partial charge on any atom is 0.242 e. The Kier molecular flexibility index (Phi) is 5.52. The van der Waals surface area contributed by atoms with Crippen LogP contribution < -0.4 is 4.72 Å². The zero-order valence-corrected chi connectivity index (χ0v) is 15.4. The number of aromatic nitrogens is 1. The molecule has 0 fully saturated rings. The van der Waals surface area contributed by atoms with Crippen LogP contribution in [0.15, 0.2) is 53.6 Å². The Morgan fingerprint density at radius 2 is 2.00 bits per heavy atom. The number of rotatable bonds is 6. The number of fused-ring (bicyclic) bond motifs is 1. The molecule has 8 heteroatoms. The third-order valence-corrected chi connectivity index (χ3v) is 5.77. The van der Waals surface area contributed by atoms with Crippen molar-refractivity contribution in [2.24, 2.45) is 0 Å². The van der Waals surface area contributed by atoms with Crippen molar-refractivity contribution >= 4 is 32.5 Å². The topological polar surface area (TPSA) is 68.3 Å². The van der Waals surface area contributed by atoms with E-state index in [1.54, 1.807) is 30.5 Å². The van der Waals surface area contributed by atoms with Crippen LogP contribution in [0.2, 0.25) is 5.02 Å². The minimum absolute atomic E-state index is 0.0288. The molecule has 0 unspecified atom stereocenters. The van der Waals surface area contributed by atoms with Crippen molar-refractivity contribution < 1.29 is 17.5 Å². The van der Waals surface area contributed by atoms with Gasteiger partial charge in [-0.05, 0) is 35.9 Å². The maximum atomic E-state index is 14.0. The van der Waals surface area contributed by atoms with Crippen molar-refractivity contribution in [2.75, 3.05) is 20.3 Å². The Morgan fingerprint density at radius 1 is 1.19 bits per heavy atom. The quantitative estimate of drug-likeness (QED) is 0.648. The molecule has 3 aromatic rings. The van der Waals surface area contributed by atoms with Crippen LogP contribution in [-0.4, -0.2) is 33.7 Å². The fourth-order valence-electron chi connectivity index (χ4n) is 2.53. The highest BCUT2D eigenvalue weighted by molar-refractivity contribution is 7.89. The van der Waals surface area contributed by atoms with Gasteiger partial charge in [0.15, 0.2) is 0 Å². The van der Waals surface area contributed by atoms with Crippen LogP contribution in [0, 0.1) is 5.82 Å². The Bertz CT molecular complexity index is 1060. The zero-order chi connectivity index (χ0) is 18.7. The molecule has 0 saturated heterocycles. The fourth-order valence-corrected chi connectivity index (χ4v) is 4.08. The molecule has 0 spiro atoms. The van der Waals surface area contributed by atoms with E-state index in [4.69, 9.17) is 16.3 Å². The van der Waals surface area contributed by atoms with E-state index in [1.807, 2.05) is 0 Å². The lowest BCUT2D eigenvalue weighted by atomic mass is 10.1. The number of nitrogens with one attached hydrogen (secondary N) is 1. The Balaban J connectivity index is 1.96. The Morgan fingerprint density at radius 3 is 2.73 bits per heavy atom. The van der Waals surface area contributed by atoms with Gasteiger partial charge in [-0.1, -0.05) is 23.7 Å². The fraction of sp³-hybridized carbons (Fsp3) is 0.167. The van der Waals surface area contributed by atoms with Crippen LogP contribution >= 0.6 is 11.6 Å². The molecular weight excluding hydrogens is 379 g/mol. The molecule has 1 heterocycles. The van der Waals surface area contributed by atoms with Crippen LogP contribution in [0.1, 0.15) is 0 Å². The summed E-state index contributed by atoms with van der Waals surface area (Å²) in [5.41, 5.74) is 1.82. The van der Waals surface area contributed by atoms with E-state index < -0.39 is 10.0 Å². The molecule has 136 valence electrons. The summed E-state index contributed by atoms with van der Waals surface area (Å²) in [5, 5.41) is 0.458. The zero-order valence-electron chi connectivity index (χ0n) is 13.9. The van der Waals surface area contributed by atoms with E-state index in [9.17, 15) is 12.8 Å². The van der Waals surface area contributed by atoms with Gasteiger partial charge in [0, 0.05) is 30.8 Å². The average Bonchev–Trinajstić information content (AvgIpc) is 2.61. The van der Waals surface area contributed by atoms with Gasteiger partial charge in [0.05, 0.1) is 17.1 Å². The molecule has 1 aromatic heterocycles. The highest BCUT2D eigenvalue weighted by Gasteiger charge is 2.18. The standard InChI is InChI=1S/C18H16ClFN2O3S/c1-25-8-7-22-26(23,24)18-6-5-12(10-15(18)19)13-9-14-16(20)3-2-4-17(14)21-11-13/h2-6,9-11,22H,7-8H2,1H3. The number of hydrogen-bond donors (Lipinski definition) is 1. The van der Waals surface area contributed by atoms with E-state index in [2.05, 4.69) is 9.71 Å². The molecule has 0 bridgehead atoms. The van der Waals surface area contributed by atoms with Crippen LogP contribution in [0.25, 0.3) is 22.0 Å². The number of halogens is 2. The highest BCUT2D eigenvalue weighted by atomic mass is 35.5. The molecule has 5 nitrogen and oxygen atoms in total. The van der Waals surface area contributed by atoms with E-state index in [0.717, 1.165) is 0 Å². The summed E-state index contributed by atoms with van der Waals surface area (Å²) in [5.74, 6) is -0.371.